The van der Waals surface area contributed by atoms with E-state index in [9.17, 15) is 4.79 Å². The topological polar surface area (TPSA) is 38.1 Å². The van der Waals surface area contributed by atoms with Crippen molar-refractivity contribution >= 4 is 28.5 Å². The van der Waals surface area contributed by atoms with E-state index in [0.717, 1.165) is 27.4 Å². The molecule has 0 spiro atoms. The molecule has 1 aromatic heterocycles. The molecule has 4 nitrogen and oxygen atoms in total. The second-order valence-corrected chi connectivity index (χ2v) is 8.62. The Balaban J connectivity index is 1.77. The minimum absolute atomic E-state index is 0.0895. The Bertz CT molecular complexity index is 1000. The smallest absolute Gasteiger partial charge is 0.223 e. The summed E-state index contributed by atoms with van der Waals surface area (Å²) in [4.78, 5) is 19.5. The summed E-state index contributed by atoms with van der Waals surface area (Å²) >= 11 is 6.41. The summed E-state index contributed by atoms with van der Waals surface area (Å²) < 4.78 is 2.22. The third-order valence-electron chi connectivity index (χ3n) is 5.27. The van der Waals surface area contributed by atoms with Crippen molar-refractivity contribution in [2.24, 2.45) is 0 Å². The van der Waals surface area contributed by atoms with Crippen molar-refractivity contribution in [1.82, 2.24) is 14.5 Å². The average molecular weight is 382 g/mol. The van der Waals surface area contributed by atoms with Crippen LogP contribution in [-0.2, 0) is 11.3 Å². The van der Waals surface area contributed by atoms with Gasteiger partial charge in [0.25, 0.3) is 0 Å². The minimum Gasteiger partial charge on any atom is -0.337 e. The van der Waals surface area contributed by atoms with Crippen molar-refractivity contribution in [3.63, 3.8) is 0 Å². The maximum atomic E-state index is 12.6. The number of hydrogen-bond acceptors (Lipinski definition) is 2. The fourth-order valence-electron chi connectivity index (χ4n) is 3.90. The van der Waals surface area contributed by atoms with Crippen molar-refractivity contribution in [3.05, 3.63) is 64.9 Å². The Hall–Kier alpha value is -2.33. The molecule has 4 rings (SSSR count). The summed E-state index contributed by atoms with van der Waals surface area (Å²) in [5, 5.41) is 0.750. The molecular weight excluding hydrogens is 358 g/mol. The Kier molecular flexibility index (Phi) is 4.47. The molecule has 1 amide bonds. The van der Waals surface area contributed by atoms with Crippen molar-refractivity contribution in [3.8, 4) is 0 Å². The Morgan fingerprint density at radius 1 is 1.11 bits per heavy atom. The van der Waals surface area contributed by atoms with E-state index < -0.39 is 0 Å². The van der Waals surface area contributed by atoms with Crippen LogP contribution in [0.1, 0.15) is 44.5 Å². The predicted octanol–water partition coefficient (Wildman–Crippen LogP) is 4.85. The van der Waals surface area contributed by atoms with E-state index in [1.54, 1.807) is 0 Å². The van der Waals surface area contributed by atoms with Gasteiger partial charge in [-0.05, 0) is 44.5 Å². The first-order valence-corrected chi connectivity index (χ1v) is 9.71. The van der Waals surface area contributed by atoms with Gasteiger partial charge < -0.3 is 9.47 Å². The lowest BCUT2D eigenvalue weighted by molar-refractivity contribution is -0.131. The van der Waals surface area contributed by atoms with Gasteiger partial charge in [-0.1, -0.05) is 41.9 Å². The summed E-state index contributed by atoms with van der Waals surface area (Å²) in [5.41, 5.74) is 2.92. The summed E-state index contributed by atoms with van der Waals surface area (Å²) in [5.74, 6) is 1.26. The standard InChI is InChI=1S/C22H24ClN3O/c1-22(2,3)26-14-16(12-20(26)27)21-24-18-10-6-7-11-19(18)25(21)13-15-8-4-5-9-17(15)23/h4-11,16H,12-14H2,1-3H3/t16-/m0/s1. The molecule has 1 saturated heterocycles. The molecular formula is C22H24ClN3O. The van der Waals surface area contributed by atoms with Crippen LogP contribution in [-0.4, -0.2) is 32.4 Å². The van der Waals surface area contributed by atoms with Crippen LogP contribution in [0, 0.1) is 0 Å². The number of rotatable bonds is 3. The highest BCUT2D eigenvalue weighted by molar-refractivity contribution is 6.31. The first-order valence-electron chi connectivity index (χ1n) is 9.33. The third kappa shape index (κ3) is 3.34. The number of aromatic nitrogens is 2. The van der Waals surface area contributed by atoms with Crippen LogP contribution in [0.2, 0.25) is 5.02 Å². The molecule has 0 bridgehead atoms. The highest BCUT2D eigenvalue weighted by Crippen LogP contribution is 2.34. The number of hydrogen-bond donors (Lipinski definition) is 0. The molecule has 0 saturated carbocycles. The van der Waals surface area contributed by atoms with Crippen LogP contribution >= 0.6 is 11.6 Å². The van der Waals surface area contributed by atoms with E-state index in [1.807, 2.05) is 47.4 Å². The van der Waals surface area contributed by atoms with Crippen LogP contribution in [0.4, 0.5) is 0 Å². The number of carbonyl (C=O) groups excluding carboxylic acids is 1. The number of halogens is 1. The van der Waals surface area contributed by atoms with Gasteiger partial charge in [0.2, 0.25) is 5.91 Å². The summed E-state index contributed by atoms with van der Waals surface area (Å²) in [6, 6.07) is 16.0. The van der Waals surface area contributed by atoms with Gasteiger partial charge in [0.15, 0.2) is 0 Å². The van der Waals surface area contributed by atoms with E-state index in [0.29, 0.717) is 19.5 Å². The maximum absolute atomic E-state index is 12.6. The molecule has 0 unspecified atom stereocenters. The molecule has 2 aromatic carbocycles. The molecule has 1 fully saturated rings. The van der Waals surface area contributed by atoms with Gasteiger partial charge in [-0.2, -0.15) is 0 Å². The van der Waals surface area contributed by atoms with E-state index in [1.165, 1.54) is 0 Å². The van der Waals surface area contributed by atoms with E-state index in [4.69, 9.17) is 16.6 Å². The number of likely N-dealkylation sites (tertiary alicyclic amines) is 1. The number of imidazole rings is 1. The number of carbonyl (C=O) groups is 1. The average Bonchev–Trinajstić information content (AvgIpc) is 3.18. The Morgan fingerprint density at radius 3 is 2.52 bits per heavy atom. The zero-order chi connectivity index (χ0) is 19.2. The SMILES string of the molecule is CC(C)(C)N1C[C@@H](c2nc3ccccc3n2Cc2ccccc2Cl)CC1=O. The highest BCUT2D eigenvalue weighted by Gasteiger charge is 2.39. The predicted molar refractivity (Wildman–Crippen MR) is 109 cm³/mol. The lowest BCUT2D eigenvalue weighted by Crippen LogP contribution is -2.42. The molecule has 27 heavy (non-hydrogen) atoms. The molecule has 1 aliphatic heterocycles. The molecule has 5 heteroatoms. The minimum atomic E-state index is -0.175. The largest absolute Gasteiger partial charge is 0.337 e. The second-order valence-electron chi connectivity index (χ2n) is 8.21. The molecule has 0 aliphatic carbocycles. The van der Waals surface area contributed by atoms with Gasteiger partial charge in [-0.25, -0.2) is 4.98 Å². The van der Waals surface area contributed by atoms with Crippen LogP contribution < -0.4 is 0 Å². The molecule has 1 atom stereocenters. The summed E-state index contributed by atoms with van der Waals surface area (Å²) in [6.45, 7) is 7.60. The zero-order valence-corrected chi connectivity index (χ0v) is 16.7. The lowest BCUT2D eigenvalue weighted by atomic mass is 10.1. The van der Waals surface area contributed by atoms with E-state index in [-0.39, 0.29) is 17.4 Å². The number of fused-ring (bicyclic) bond motifs is 1. The van der Waals surface area contributed by atoms with Crippen LogP contribution in [0.15, 0.2) is 48.5 Å². The third-order valence-corrected chi connectivity index (χ3v) is 5.64. The van der Waals surface area contributed by atoms with E-state index >= 15 is 0 Å². The van der Waals surface area contributed by atoms with Crippen molar-refractivity contribution in [1.29, 1.82) is 0 Å². The van der Waals surface area contributed by atoms with Crippen molar-refractivity contribution < 1.29 is 4.79 Å². The van der Waals surface area contributed by atoms with Crippen LogP contribution in [0.3, 0.4) is 0 Å². The molecule has 2 heterocycles. The maximum Gasteiger partial charge on any atom is 0.223 e. The summed E-state index contributed by atoms with van der Waals surface area (Å²) in [6.07, 6.45) is 0.503. The van der Waals surface area contributed by atoms with Gasteiger partial charge >= 0.3 is 0 Å². The number of amides is 1. The molecule has 0 N–H and O–H groups in total. The first-order chi connectivity index (χ1) is 12.8. The van der Waals surface area contributed by atoms with Gasteiger partial charge in [0.1, 0.15) is 5.82 Å². The van der Waals surface area contributed by atoms with E-state index in [2.05, 4.69) is 31.4 Å². The number of para-hydroxylation sites is 2. The van der Waals surface area contributed by atoms with Crippen molar-refractivity contribution in [2.75, 3.05) is 6.54 Å². The number of benzene rings is 2. The van der Waals surface area contributed by atoms with Crippen LogP contribution in [0.5, 0.6) is 0 Å². The van der Waals surface area contributed by atoms with Gasteiger partial charge in [0.05, 0.1) is 17.6 Å². The van der Waals surface area contributed by atoms with Crippen LogP contribution in [0.25, 0.3) is 11.0 Å². The second kappa shape index (κ2) is 6.68. The molecule has 140 valence electrons. The number of nitrogens with zero attached hydrogens (tertiary/aromatic N) is 3. The van der Waals surface area contributed by atoms with Gasteiger partial charge in [-0.15, -0.1) is 0 Å². The fourth-order valence-corrected chi connectivity index (χ4v) is 4.09. The quantitative estimate of drug-likeness (QED) is 0.650. The fraction of sp³-hybridized carbons (Fsp3) is 0.364. The first kappa shape index (κ1) is 18.1. The molecule has 3 aromatic rings. The lowest BCUT2D eigenvalue weighted by Gasteiger charge is -2.32. The van der Waals surface area contributed by atoms with Crippen molar-refractivity contribution in [2.45, 2.75) is 45.2 Å². The molecule has 1 aliphatic rings. The zero-order valence-electron chi connectivity index (χ0n) is 15.9. The molecule has 0 radical (unpaired) electrons. The monoisotopic (exact) mass is 381 g/mol. The van der Waals surface area contributed by atoms with Gasteiger partial charge in [0, 0.05) is 29.4 Å². The summed E-state index contributed by atoms with van der Waals surface area (Å²) in [7, 11) is 0. The highest BCUT2D eigenvalue weighted by atomic mass is 35.5. The Morgan fingerprint density at radius 2 is 1.81 bits per heavy atom. The normalized spacial score (nSPS) is 17.9. The Labute approximate surface area is 164 Å². The van der Waals surface area contributed by atoms with Gasteiger partial charge in [-0.3, -0.25) is 4.79 Å².